The molecular formula is C19H14ClN3O4S. The van der Waals surface area contributed by atoms with Crippen molar-refractivity contribution in [3.05, 3.63) is 77.6 Å². The molecule has 0 bridgehead atoms. The van der Waals surface area contributed by atoms with Crippen molar-refractivity contribution in [3.63, 3.8) is 0 Å². The van der Waals surface area contributed by atoms with Crippen LogP contribution in [0.2, 0.25) is 5.02 Å². The summed E-state index contributed by atoms with van der Waals surface area (Å²) >= 11 is 11.3. The van der Waals surface area contributed by atoms with Gasteiger partial charge < -0.3 is 19.5 Å². The quantitative estimate of drug-likeness (QED) is 0.424. The highest BCUT2D eigenvalue weighted by Gasteiger charge is 2.11. The van der Waals surface area contributed by atoms with Gasteiger partial charge in [-0.2, -0.15) is 0 Å². The number of halogens is 1. The number of hydrogen-bond acceptors (Lipinski definition) is 5. The molecule has 0 atom stereocenters. The summed E-state index contributed by atoms with van der Waals surface area (Å²) in [7, 11) is 0. The highest BCUT2D eigenvalue weighted by molar-refractivity contribution is 7.80. The number of amides is 2. The molecule has 2 heterocycles. The largest absolute Gasteiger partial charge is 0.465 e. The summed E-state index contributed by atoms with van der Waals surface area (Å²) in [6.07, 6.45) is 5.73. The van der Waals surface area contributed by atoms with Gasteiger partial charge in [-0.15, -0.1) is 0 Å². The lowest BCUT2D eigenvalue weighted by molar-refractivity contribution is -0.115. The second-order valence-corrected chi connectivity index (χ2v) is 6.23. The Kier molecular flexibility index (Phi) is 6.25. The van der Waals surface area contributed by atoms with Crippen molar-refractivity contribution in [1.82, 2.24) is 5.32 Å². The number of furan rings is 2. The third-order valence-electron chi connectivity index (χ3n) is 3.40. The SMILES string of the molecule is O=C(/C=C/c1ccco1)NC(=S)Nc1ccc(NC(=O)c2ccco2)c(Cl)c1. The molecule has 0 saturated heterocycles. The predicted octanol–water partition coefficient (Wildman–Crippen LogP) is 4.30. The lowest BCUT2D eigenvalue weighted by Gasteiger charge is -2.11. The maximum absolute atomic E-state index is 12.0. The first-order valence-electron chi connectivity index (χ1n) is 7.99. The fourth-order valence-corrected chi connectivity index (χ4v) is 2.59. The number of benzene rings is 1. The summed E-state index contributed by atoms with van der Waals surface area (Å²) in [4.78, 5) is 23.8. The van der Waals surface area contributed by atoms with E-state index in [1.807, 2.05) is 0 Å². The van der Waals surface area contributed by atoms with Crippen LogP contribution in [0.15, 0.2) is 69.9 Å². The first-order chi connectivity index (χ1) is 13.5. The number of hydrogen-bond donors (Lipinski definition) is 3. The monoisotopic (exact) mass is 415 g/mol. The van der Waals surface area contributed by atoms with Crippen LogP contribution in [0.25, 0.3) is 6.08 Å². The molecule has 9 heteroatoms. The van der Waals surface area contributed by atoms with Crippen LogP contribution >= 0.6 is 23.8 Å². The minimum absolute atomic E-state index is 0.0949. The molecule has 3 aromatic rings. The van der Waals surface area contributed by atoms with E-state index < -0.39 is 11.8 Å². The molecule has 7 nitrogen and oxygen atoms in total. The average Bonchev–Trinajstić information content (AvgIpc) is 3.36. The Hall–Kier alpha value is -3.36. The van der Waals surface area contributed by atoms with E-state index in [0.29, 0.717) is 17.1 Å². The lowest BCUT2D eigenvalue weighted by Crippen LogP contribution is -2.32. The zero-order valence-corrected chi connectivity index (χ0v) is 15.8. The van der Waals surface area contributed by atoms with Gasteiger partial charge in [-0.25, -0.2) is 0 Å². The van der Waals surface area contributed by atoms with E-state index in [4.69, 9.17) is 32.7 Å². The maximum Gasteiger partial charge on any atom is 0.291 e. The van der Waals surface area contributed by atoms with Crippen LogP contribution < -0.4 is 16.0 Å². The molecule has 3 N–H and O–H groups in total. The smallest absolute Gasteiger partial charge is 0.291 e. The number of thiocarbonyl (C=S) groups is 1. The van der Waals surface area contributed by atoms with Gasteiger partial charge in [0.15, 0.2) is 10.9 Å². The number of carbonyl (C=O) groups excluding carboxylic acids is 2. The zero-order chi connectivity index (χ0) is 19.9. The van der Waals surface area contributed by atoms with E-state index in [2.05, 4.69) is 16.0 Å². The van der Waals surface area contributed by atoms with Crippen LogP contribution in [0.4, 0.5) is 11.4 Å². The second kappa shape index (κ2) is 9.03. The molecule has 2 aromatic heterocycles. The third kappa shape index (κ3) is 5.32. The first kappa shape index (κ1) is 19.4. The Balaban J connectivity index is 1.55. The Morgan fingerprint density at radius 2 is 1.82 bits per heavy atom. The van der Waals surface area contributed by atoms with Crippen LogP contribution in [-0.2, 0) is 4.79 Å². The van der Waals surface area contributed by atoms with Crippen molar-refractivity contribution in [3.8, 4) is 0 Å². The van der Waals surface area contributed by atoms with Crippen LogP contribution in [0, 0.1) is 0 Å². The number of carbonyl (C=O) groups is 2. The number of nitrogens with one attached hydrogen (secondary N) is 3. The molecule has 0 radical (unpaired) electrons. The van der Waals surface area contributed by atoms with Gasteiger partial charge in [0, 0.05) is 11.8 Å². The summed E-state index contributed by atoms with van der Waals surface area (Å²) in [5.41, 5.74) is 0.950. The van der Waals surface area contributed by atoms with Crippen molar-refractivity contribution >= 4 is 58.2 Å². The summed E-state index contributed by atoms with van der Waals surface area (Å²) in [5.74, 6) is -0.112. The predicted molar refractivity (Wildman–Crippen MR) is 110 cm³/mol. The van der Waals surface area contributed by atoms with E-state index in [1.54, 1.807) is 42.5 Å². The fraction of sp³-hybridized carbons (Fsp3) is 0. The highest BCUT2D eigenvalue weighted by atomic mass is 35.5. The van der Waals surface area contributed by atoms with Crippen LogP contribution in [0.5, 0.6) is 0 Å². The molecule has 0 spiro atoms. The van der Waals surface area contributed by atoms with Gasteiger partial charge in [-0.1, -0.05) is 11.6 Å². The van der Waals surface area contributed by atoms with Gasteiger partial charge in [0.25, 0.3) is 5.91 Å². The average molecular weight is 416 g/mol. The van der Waals surface area contributed by atoms with E-state index in [9.17, 15) is 9.59 Å². The molecule has 142 valence electrons. The van der Waals surface area contributed by atoms with Gasteiger partial charge >= 0.3 is 0 Å². The third-order valence-corrected chi connectivity index (χ3v) is 3.92. The molecule has 28 heavy (non-hydrogen) atoms. The summed E-state index contributed by atoms with van der Waals surface area (Å²) in [6.45, 7) is 0. The highest BCUT2D eigenvalue weighted by Crippen LogP contribution is 2.26. The topological polar surface area (TPSA) is 96.5 Å². The van der Waals surface area contributed by atoms with Crippen molar-refractivity contribution in [2.75, 3.05) is 10.6 Å². The Morgan fingerprint density at radius 1 is 1.04 bits per heavy atom. The minimum atomic E-state index is -0.418. The minimum Gasteiger partial charge on any atom is -0.465 e. The van der Waals surface area contributed by atoms with Gasteiger partial charge in [-0.3, -0.25) is 14.9 Å². The van der Waals surface area contributed by atoms with Crippen molar-refractivity contribution in [1.29, 1.82) is 0 Å². The molecule has 0 unspecified atom stereocenters. The normalized spacial score (nSPS) is 10.6. The number of rotatable bonds is 5. The second-order valence-electron chi connectivity index (χ2n) is 5.42. The molecule has 1 aromatic carbocycles. The molecule has 0 aliphatic heterocycles. The standard InChI is InChI=1S/C19H14ClN3O4S/c20-14-11-12(5-7-15(14)22-18(25)16-4-2-10-27-16)21-19(28)23-17(24)8-6-13-3-1-9-26-13/h1-11H,(H,22,25)(H2,21,23,24,28)/b8-6+. The maximum atomic E-state index is 12.0. The molecular weight excluding hydrogens is 402 g/mol. The molecule has 0 aliphatic carbocycles. The summed E-state index contributed by atoms with van der Waals surface area (Å²) in [6, 6.07) is 11.4. The number of anilines is 2. The molecule has 0 aliphatic rings. The van der Waals surface area contributed by atoms with Crippen LogP contribution in [0.3, 0.4) is 0 Å². The molecule has 2 amide bonds. The van der Waals surface area contributed by atoms with E-state index in [0.717, 1.165) is 0 Å². The van der Waals surface area contributed by atoms with Gasteiger partial charge in [0.2, 0.25) is 5.91 Å². The van der Waals surface area contributed by atoms with Crippen LogP contribution in [-0.4, -0.2) is 16.9 Å². The Labute approximate surface area is 170 Å². The van der Waals surface area contributed by atoms with E-state index in [1.165, 1.54) is 24.7 Å². The molecule has 3 rings (SSSR count). The Bertz CT molecular complexity index is 1010. The van der Waals surface area contributed by atoms with Crippen molar-refractivity contribution in [2.24, 2.45) is 0 Å². The van der Waals surface area contributed by atoms with E-state index in [-0.39, 0.29) is 15.9 Å². The van der Waals surface area contributed by atoms with Crippen molar-refractivity contribution < 1.29 is 18.4 Å². The molecule has 0 fully saturated rings. The van der Waals surface area contributed by atoms with E-state index >= 15 is 0 Å². The zero-order valence-electron chi connectivity index (χ0n) is 14.3. The summed E-state index contributed by atoms with van der Waals surface area (Å²) in [5, 5.41) is 8.37. The van der Waals surface area contributed by atoms with Crippen molar-refractivity contribution in [2.45, 2.75) is 0 Å². The summed E-state index contributed by atoms with van der Waals surface area (Å²) < 4.78 is 10.1. The van der Waals surface area contributed by atoms with Gasteiger partial charge in [0.05, 0.1) is 23.2 Å². The van der Waals surface area contributed by atoms with Crippen LogP contribution in [0.1, 0.15) is 16.3 Å². The lowest BCUT2D eigenvalue weighted by atomic mass is 10.2. The Morgan fingerprint density at radius 3 is 2.50 bits per heavy atom. The fourth-order valence-electron chi connectivity index (χ4n) is 2.15. The first-order valence-corrected chi connectivity index (χ1v) is 8.78. The van der Waals surface area contributed by atoms with Gasteiger partial charge in [0.1, 0.15) is 5.76 Å². The van der Waals surface area contributed by atoms with Gasteiger partial charge in [-0.05, 0) is 60.8 Å². The molecule has 0 saturated carbocycles.